The Kier molecular flexibility index (Phi) is 7.36. The number of allylic oxidation sites excluding steroid dienone is 1. The van der Waals surface area contributed by atoms with Crippen LogP contribution in [0, 0.1) is 0 Å². The normalized spacial score (nSPS) is 15.6. The summed E-state index contributed by atoms with van der Waals surface area (Å²) in [4.78, 5) is 37.7. The van der Waals surface area contributed by atoms with Crippen LogP contribution >= 0.6 is 0 Å². The number of hydrogen-bond donors (Lipinski definition) is 2. The molecule has 6 heteroatoms. The molecule has 1 aliphatic carbocycles. The molecule has 196 valence electrons. The second kappa shape index (κ2) is 10.4. The summed E-state index contributed by atoms with van der Waals surface area (Å²) < 4.78 is 13.6. The van der Waals surface area contributed by atoms with Crippen LogP contribution in [0.1, 0.15) is 93.9 Å². The van der Waals surface area contributed by atoms with Crippen molar-refractivity contribution in [2.24, 2.45) is 0 Å². The minimum absolute atomic E-state index is 0.169. The number of carbonyl (C=O) groups is 3. The quantitative estimate of drug-likeness (QED) is 0.256. The fraction of sp³-hybridized carbons (Fsp3) is 0.281. The number of nitrogens with one attached hydrogen (secondary N) is 1. The minimum atomic E-state index is -1.01. The fourth-order valence-electron chi connectivity index (χ4n) is 5.08. The number of carboxylic acid groups (broad SMARTS) is 1. The van der Waals surface area contributed by atoms with Crippen molar-refractivity contribution in [2.75, 3.05) is 5.32 Å². The van der Waals surface area contributed by atoms with Gasteiger partial charge in [0, 0.05) is 16.8 Å². The fourth-order valence-corrected chi connectivity index (χ4v) is 5.08. The Morgan fingerprint density at radius 2 is 1.58 bits per heavy atom. The summed E-state index contributed by atoms with van der Waals surface area (Å²) in [7, 11) is 0. The maximum absolute atomic E-state index is 13.6. The number of benzene rings is 3. The molecule has 5 nitrogen and oxygen atoms in total. The van der Waals surface area contributed by atoms with Gasteiger partial charge < -0.3 is 10.4 Å². The molecule has 0 spiro atoms. The van der Waals surface area contributed by atoms with E-state index in [1.165, 1.54) is 18.2 Å². The van der Waals surface area contributed by atoms with Crippen LogP contribution in [0.25, 0.3) is 6.08 Å². The lowest BCUT2D eigenvalue weighted by Gasteiger charge is -2.43. The number of halogens is 1. The van der Waals surface area contributed by atoms with Crippen LogP contribution in [0.3, 0.4) is 0 Å². The largest absolute Gasteiger partial charge is 0.478 e. The van der Waals surface area contributed by atoms with Gasteiger partial charge in [-0.2, -0.15) is 0 Å². The summed E-state index contributed by atoms with van der Waals surface area (Å²) in [5.74, 6) is -1.67. The van der Waals surface area contributed by atoms with E-state index in [1.54, 1.807) is 48.5 Å². The number of carbonyl (C=O) groups excluding carboxylic acids is 2. The molecule has 0 aromatic heterocycles. The van der Waals surface area contributed by atoms with Crippen molar-refractivity contribution in [1.29, 1.82) is 0 Å². The first-order valence-corrected chi connectivity index (χ1v) is 12.6. The summed E-state index contributed by atoms with van der Waals surface area (Å²) in [6.45, 7) is 7.79. The number of alkyl halides is 1. The van der Waals surface area contributed by atoms with Gasteiger partial charge >= 0.3 is 5.97 Å². The monoisotopic (exact) mass is 513 g/mol. The summed E-state index contributed by atoms with van der Waals surface area (Å²) >= 11 is 0. The smallest absolute Gasteiger partial charge is 0.335 e. The van der Waals surface area contributed by atoms with E-state index in [1.807, 2.05) is 6.07 Å². The van der Waals surface area contributed by atoms with Crippen molar-refractivity contribution >= 4 is 29.4 Å². The molecule has 3 aromatic rings. The van der Waals surface area contributed by atoms with E-state index in [0.29, 0.717) is 22.4 Å². The van der Waals surface area contributed by atoms with Crippen molar-refractivity contribution < 1.29 is 23.9 Å². The maximum Gasteiger partial charge on any atom is 0.335 e. The zero-order valence-corrected chi connectivity index (χ0v) is 22.1. The predicted molar refractivity (Wildman–Crippen MR) is 148 cm³/mol. The van der Waals surface area contributed by atoms with E-state index in [-0.39, 0.29) is 27.7 Å². The van der Waals surface area contributed by atoms with Crippen LogP contribution in [0.5, 0.6) is 0 Å². The van der Waals surface area contributed by atoms with Gasteiger partial charge in [0.25, 0.3) is 5.91 Å². The van der Waals surface area contributed by atoms with Crippen molar-refractivity contribution in [1.82, 2.24) is 0 Å². The van der Waals surface area contributed by atoms with Crippen molar-refractivity contribution in [2.45, 2.75) is 58.0 Å². The highest BCUT2D eigenvalue weighted by molar-refractivity contribution is 6.10. The maximum atomic E-state index is 13.6. The van der Waals surface area contributed by atoms with Crippen molar-refractivity contribution in [3.63, 3.8) is 0 Å². The predicted octanol–water partition coefficient (Wildman–Crippen LogP) is 7.35. The lowest BCUT2D eigenvalue weighted by molar-refractivity contribution is 0.0696. The van der Waals surface area contributed by atoms with Gasteiger partial charge in [-0.1, -0.05) is 64.1 Å². The highest BCUT2D eigenvalue weighted by Crippen LogP contribution is 2.49. The molecule has 3 aromatic carbocycles. The average molecular weight is 514 g/mol. The third kappa shape index (κ3) is 5.44. The van der Waals surface area contributed by atoms with Crippen molar-refractivity contribution in [3.05, 3.63) is 106 Å². The Bertz CT molecular complexity index is 1430. The van der Waals surface area contributed by atoms with Crippen LogP contribution in [0.15, 0.2) is 66.7 Å². The molecule has 1 amide bonds. The molecule has 0 saturated carbocycles. The van der Waals surface area contributed by atoms with Crippen LogP contribution in [0.2, 0.25) is 0 Å². The zero-order chi connectivity index (χ0) is 27.7. The first kappa shape index (κ1) is 27.0. The minimum Gasteiger partial charge on any atom is -0.478 e. The molecular formula is C32H32FNO4. The number of hydrogen-bond acceptors (Lipinski definition) is 3. The first-order chi connectivity index (χ1) is 17.9. The first-order valence-electron chi connectivity index (χ1n) is 12.6. The molecule has 1 aliphatic rings. The number of ketones is 1. The molecule has 38 heavy (non-hydrogen) atoms. The van der Waals surface area contributed by atoms with E-state index >= 15 is 0 Å². The molecule has 0 saturated heterocycles. The van der Waals surface area contributed by atoms with Gasteiger partial charge in [-0.05, 0) is 82.3 Å². The third-order valence-corrected chi connectivity index (χ3v) is 7.44. The van der Waals surface area contributed by atoms with Gasteiger partial charge in [-0.15, -0.1) is 0 Å². The van der Waals surface area contributed by atoms with Gasteiger partial charge in [-0.25, -0.2) is 9.18 Å². The molecule has 2 N–H and O–H groups in total. The Balaban J connectivity index is 1.76. The second-order valence-electron chi connectivity index (χ2n) is 11.1. The Morgan fingerprint density at radius 3 is 2.24 bits per heavy atom. The third-order valence-electron chi connectivity index (χ3n) is 7.44. The standard InChI is InChI=1S/C32H32FNO4/c1-31(2)15-16-32(3,4)28-25(31)17-23(27(35)14-11-20-9-12-21(13-10-20)30(37)38)18-26(28)34-29(36)24-8-6-5-7-22(24)19-33/h5-14,17-18H,15-16,19H2,1-4H3,(H,34,36)(H,37,38). The molecule has 0 atom stereocenters. The molecule has 0 aliphatic heterocycles. The molecule has 0 fully saturated rings. The van der Waals surface area contributed by atoms with Gasteiger partial charge in [0.1, 0.15) is 6.67 Å². The topological polar surface area (TPSA) is 83.5 Å². The van der Waals surface area contributed by atoms with E-state index in [2.05, 4.69) is 33.0 Å². The van der Waals surface area contributed by atoms with Crippen molar-refractivity contribution in [3.8, 4) is 0 Å². The Labute approximate surface area is 222 Å². The number of aromatic carboxylic acids is 1. The number of anilines is 1. The Morgan fingerprint density at radius 1 is 0.921 bits per heavy atom. The lowest BCUT2D eigenvalue weighted by Crippen LogP contribution is -2.35. The van der Waals surface area contributed by atoms with Gasteiger partial charge in [-0.3, -0.25) is 9.59 Å². The molecule has 0 heterocycles. The molecular weight excluding hydrogens is 481 g/mol. The van der Waals surface area contributed by atoms with E-state index in [0.717, 1.165) is 24.0 Å². The van der Waals surface area contributed by atoms with Gasteiger partial charge in [0.15, 0.2) is 5.78 Å². The summed E-state index contributed by atoms with van der Waals surface area (Å²) in [5, 5.41) is 12.1. The van der Waals surface area contributed by atoms with Gasteiger partial charge in [0.05, 0.1) is 5.56 Å². The van der Waals surface area contributed by atoms with E-state index in [9.17, 15) is 18.8 Å². The number of rotatable bonds is 7. The number of fused-ring (bicyclic) bond motifs is 1. The summed E-state index contributed by atoms with van der Waals surface area (Å²) in [5.41, 5.74) is 3.97. The number of carboxylic acids is 1. The van der Waals surface area contributed by atoms with Crippen LogP contribution in [0.4, 0.5) is 10.1 Å². The van der Waals surface area contributed by atoms with Crippen LogP contribution < -0.4 is 5.32 Å². The SMILES string of the molecule is CC1(C)CCC(C)(C)c2c(NC(=O)c3ccccc3CF)cc(C(=O)C=Cc3ccc(C(=O)O)cc3)cc21. The molecule has 4 rings (SSSR count). The summed E-state index contributed by atoms with van der Waals surface area (Å²) in [6, 6.07) is 16.4. The highest BCUT2D eigenvalue weighted by atomic mass is 19.1. The highest BCUT2D eigenvalue weighted by Gasteiger charge is 2.39. The van der Waals surface area contributed by atoms with Crippen LogP contribution in [-0.2, 0) is 17.5 Å². The zero-order valence-electron chi connectivity index (χ0n) is 22.1. The second-order valence-corrected chi connectivity index (χ2v) is 11.1. The lowest BCUT2D eigenvalue weighted by atomic mass is 9.62. The molecule has 0 bridgehead atoms. The molecule has 0 unspecified atom stereocenters. The molecule has 0 radical (unpaired) electrons. The van der Waals surface area contributed by atoms with E-state index in [4.69, 9.17) is 5.11 Å². The van der Waals surface area contributed by atoms with Crippen LogP contribution in [-0.4, -0.2) is 22.8 Å². The average Bonchev–Trinajstić information content (AvgIpc) is 2.89. The van der Waals surface area contributed by atoms with E-state index < -0.39 is 18.6 Å². The number of amides is 1. The summed E-state index contributed by atoms with van der Waals surface area (Å²) in [6.07, 6.45) is 4.92. The van der Waals surface area contributed by atoms with Gasteiger partial charge in [0.2, 0.25) is 0 Å². The Hall–Kier alpha value is -4.06.